The van der Waals surface area contributed by atoms with Crippen LogP contribution < -0.4 is 15.5 Å². The van der Waals surface area contributed by atoms with Crippen molar-refractivity contribution in [1.29, 1.82) is 0 Å². The fourth-order valence-corrected chi connectivity index (χ4v) is 1.44. The number of nitrogens with zero attached hydrogens (tertiary/aromatic N) is 3. The third-order valence-electron chi connectivity index (χ3n) is 2.36. The normalized spacial score (nSPS) is 10.4. The van der Waals surface area contributed by atoms with E-state index in [0.717, 1.165) is 13.0 Å². The summed E-state index contributed by atoms with van der Waals surface area (Å²) in [6, 6.07) is 0.397. The lowest BCUT2D eigenvalue weighted by atomic mass is 10.4. The first-order valence-electron chi connectivity index (χ1n) is 6.19. The maximum Gasteiger partial charge on any atom is 0.318 e. The average Bonchev–Trinajstić information content (AvgIpc) is 2.84. The molecule has 1 rings (SSSR count). The Morgan fingerprint density at radius 2 is 2.17 bits per heavy atom. The quantitative estimate of drug-likeness (QED) is 0.687. The highest BCUT2D eigenvalue weighted by atomic mass is 16.4. The number of hydrogen-bond donors (Lipinski definition) is 2. The van der Waals surface area contributed by atoms with Gasteiger partial charge in [-0.2, -0.15) is 0 Å². The topological polar surface area (TPSA) is 83.3 Å². The largest absolute Gasteiger partial charge is 0.407 e. The van der Waals surface area contributed by atoms with E-state index in [2.05, 4.69) is 20.8 Å². The van der Waals surface area contributed by atoms with E-state index in [-0.39, 0.29) is 12.5 Å². The number of hydrogen-bond acceptors (Lipinski definition) is 6. The molecular weight excluding hydrogens is 234 g/mol. The molecule has 0 aliphatic rings. The van der Waals surface area contributed by atoms with Gasteiger partial charge in [-0.05, 0) is 13.0 Å². The van der Waals surface area contributed by atoms with Crippen LogP contribution in [0.25, 0.3) is 0 Å². The number of rotatable bonds is 8. The molecule has 7 heteroatoms. The van der Waals surface area contributed by atoms with Crippen LogP contribution in [0.4, 0.5) is 6.01 Å². The van der Waals surface area contributed by atoms with Crippen LogP contribution in [0.3, 0.4) is 0 Å². The van der Waals surface area contributed by atoms with Crippen molar-refractivity contribution in [2.24, 2.45) is 0 Å². The van der Waals surface area contributed by atoms with Crippen LogP contribution in [0.5, 0.6) is 0 Å². The van der Waals surface area contributed by atoms with Crippen LogP contribution in [-0.4, -0.2) is 42.8 Å². The smallest absolute Gasteiger partial charge is 0.318 e. The Morgan fingerprint density at radius 1 is 1.39 bits per heavy atom. The molecule has 0 bridgehead atoms. The average molecular weight is 255 g/mol. The molecular formula is C11H21N5O2. The third-order valence-corrected chi connectivity index (χ3v) is 2.36. The third kappa shape index (κ3) is 4.33. The molecule has 102 valence electrons. The number of carbonyl (C=O) groups is 1. The van der Waals surface area contributed by atoms with Crippen LogP contribution in [0.2, 0.25) is 0 Å². The summed E-state index contributed by atoms with van der Waals surface area (Å²) in [6.45, 7) is 6.36. The van der Waals surface area contributed by atoms with Crippen molar-refractivity contribution >= 4 is 11.9 Å². The lowest BCUT2D eigenvalue weighted by molar-refractivity contribution is -0.119. The molecule has 0 saturated carbocycles. The van der Waals surface area contributed by atoms with Crippen LogP contribution in [0.1, 0.15) is 26.2 Å². The molecule has 1 heterocycles. The van der Waals surface area contributed by atoms with Crippen LogP contribution in [-0.2, 0) is 11.3 Å². The SMILES string of the molecule is CCCN(CC(=O)NC)c1nnc(CNCC)o1. The fraction of sp³-hybridized carbons (Fsp3) is 0.727. The van der Waals surface area contributed by atoms with E-state index in [1.807, 2.05) is 13.8 Å². The minimum absolute atomic E-state index is 0.0742. The summed E-state index contributed by atoms with van der Waals surface area (Å²) in [5.41, 5.74) is 0. The van der Waals surface area contributed by atoms with E-state index in [0.29, 0.717) is 25.0 Å². The summed E-state index contributed by atoms with van der Waals surface area (Å²) in [5.74, 6) is 0.458. The van der Waals surface area contributed by atoms with Gasteiger partial charge in [0.05, 0.1) is 6.54 Å². The lowest BCUT2D eigenvalue weighted by Crippen LogP contribution is -2.36. The molecule has 0 radical (unpaired) electrons. The van der Waals surface area contributed by atoms with Crippen molar-refractivity contribution in [2.75, 3.05) is 31.6 Å². The number of anilines is 1. The van der Waals surface area contributed by atoms with Gasteiger partial charge in [0.15, 0.2) is 0 Å². The molecule has 0 aliphatic carbocycles. The van der Waals surface area contributed by atoms with Crippen molar-refractivity contribution < 1.29 is 9.21 Å². The van der Waals surface area contributed by atoms with Crippen molar-refractivity contribution in [3.63, 3.8) is 0 Å². The van der Waals surface area contributed by atoms with Crippen LogP contribution >= 0.6 is 0 Å². The zero-order chi connectivity index (χ0) is 13.4. The van der Waals surface area contributed by atoms with Crippen molar-refractivity contribution in [3.8, 4) is 0 Å². The summed E-state index contributed by atoms with van der Waals surface area (Å²) >= 11 is 0. The molecule has 1 amide bonds. The maximum absolute atomic E-state index is 11.4. The highest BCUT2D eigenvalue weighted by molar-refractivity contribution is 5.80. The van der Waals surface area contributed by atoms with Gasteiger partial charge in [-0.25, -0.2) is 0 Å². The Hall–Kier alpha value is -1.63. The number of carbonyl (C=O) groups excluding carboxylic acids is 1. The van der Waals surface area contributed by atoms with E-state index >= 15 is 0 Å². The highest BCUT2D eigenvalue weighted by Gasteiger charge is 2.16. The van der Waals surface area contributed by atoms with Gasteiger partial charge in [0.1, 0.15) is 6.54 Å². The predicted octanol–water partition coefficient (Wildman–Crippen LogP) is 0.142. The Kier molecular flexibility index (Phi) is 6.13. The van der Waals surface area contributed by atoms with Crippen molar-refractivity contribution in [1.82, 2.24) is 20.8 Å². The second kappa shape index (κ2) is 7.65. The zero-order valence-electron chi connectivity index (χ0n) is 11.2. The predicted molar refractivity (Wildman–Crippen MR) is 68.2 cm³/mol. The summed E-state index contributed by atoms with van der Waals surface area (Å²) in [4.78, 5) is 13.2. The molecule has 1 aromatic rings. The molecule has 0 spiro atoms. The molecule has 7 nitrogen and oxygen atoms in total. The Balaban J connectivity index is 2.66. The first-order valence-corrected chi connectivity index (χ1v) is 6.19. The molecule has 0 atom stereocenters. The van der Waals surface area contributed by atoms with Gasteiger partial charge in [-0.1, -0.05) is 18.9 Å². The molecule has 0 aromatic carbocycles. The summed E-state index contributed by atoms with van der Waals surface area (Å²) in [7, 11) is 1.61. The van der Waals surface area contributed by atoms with Gasteiger partial charge >= 0.3 is 6.01 Å². The van der Waals surface area contributed by atoms with Crippen LogP contribution in [0, 0.1) is 0 Å². The highest BCUT2D eigenvalue weighted by Crippen LogP contribution is 2.12. The Morgan fingerprint density at radius 3 is 2.78 bits per heavy atom. The first kappa shape index (κ1) is 14.4. The zero-order valence-corrected chi connectivity index (χ0v) is 11.2. The van der Waals surface area contributed by atoms with E-state index < -0.39 is 0 Å². The molecule has 2 N–H and O–H groups in total. The second-order valence-electron chi connectivity index (χ2n) is 3.85. The number of nitrogens with one attached hydrogen (secondary N) is 2. The van der Waals surface area contributed by atoms with Gasteiger partial charge in [0.25, 0.3) is 0 Å². The van der Waals surface area contributed by atoms with E-state index in [4.69, 9.17) is 4.42 Å². The summed E-state index contributed by atoms with van der Waals surface area (Å²) < 4.78 is 5.51. The van der Waals surface area contributed by atoms with E-state index in [1.54, 1.807) is 11.9 Å². The monoisotopic (exact) mass is 255 g/mol. The standard InChI is InChI=1S/C11H21N5O2/c1-4-6-16(8-9(17)12-3)11-15-14-10(18-11)7-13-5-2/h13H,4-8H2,1-3H3,(H,12,17). The van der Waals surface area contributed by atoms with E-state index in [9.17, 15) is 4.79 Å². The van der Waals surface area contributed by atoms with Crippen LogP contribution in [0.15, 0.2) is 4.42 Å². The van der Waals surface area contributed by atoms with Crippen molar-refractivity contribution in [3.05, 3.63) is 5.89 Å². The maximum atomic E-state index is 11.4. The molecule has 0 saturated heterocycles. The molecule has 0 unspecified atom stereocenters. The first-order chi connectivity index (χ1) is 8.71. The number of likely N-dealkylation sites (N-methyl/N-ethyl adjacent to an activating group) is 1. The molecule has 18 heavy (non-hydrogen) atoms. The van der Waals surface area contributed by atoms with Gasteiger partial charge in [-0.15, -0.1) is 5.10 Å². The second-order valence-corrected chi connectivity index (χ2v) is 3.85. The minimum Gasteiger partial charge on any atom is -0.407 e. The minimum atomic E-state index is -0.0742. The van der Waals surface area contributed by atoms with Gasteiger partial charge in [0.2, 0.25) is 11.8 Å². The Labute approximate surface area is 107 Å². The summed E-state index contributed by atoms with van der Waals surface area (Å²) in [6.07, 6.45) is 0.905. The number of aromatic nitrogens is 2. The Bertz CT molecular complexity index is 366. The van der Waals surface area contributed by atoms with Gasteiger partial charge in [-0.3, -0.25) is 4.79 Å². The van der Waals surface area contributed by atoms with E-state index in [1.165, 1.54) is 0 Å². The van der Waals surface area contributed by atoms with Gasteiger partial charge in [0, 0.05) is 13.6 Å². The van der Waals surface area contributed by atoms with Gasteiger partial charge < -0.3 is 20.0 Å². The molecule has 0 fully saturated rings. The lowest BCUT2D eigenvalue weighted by Gasteiger charge is -2.17. The summed E-state index contributed by atoms with van der Waals surface area (Å²) in [5, 5.41) is 13.6. The fourth-order valence-electron chi connectivity index (χ4n) is 1.44. The molecule has 1 aromatic heterocycles. The number of amides is 1. The van der Waals surface area contributed by atoms with Crippen molar-refractivity contribution in [2.45, 2.75) is 26.8 Å². The molecule has 0 aliphatic heterocycles.